The molecule has 0 saturated carbocycles. The van der Waals surface area contributed by atoms with Crippen molar-refractivity contribution in [2.24, 2.45) is 0 Å². The van der Waals surface area contributed by atoms with Crippen molar-refractivity contribution in [1.82, 2.24) is 4.57 Å². The summed E-state index contributed by atoms with van der Waals surface area (Å²) in [5.41, 5.74) is 1.34. The first-order valence-corrected chi connectivity index (χ1v) is 7.89. The van der Waals surface area contributed by atoms with Crippen LogP contribution < -0.4 is 4.74 Å². The molecule has 0 radical (unpaired) electrons. The Kier molecular flexibility index (Phi) is 4.30. The van der Waals surface area contributed by atoms with Gasteiger partial charge in [-0.1, -0.05) is 30.3 Å². The summed E-state index contributed by atoms with van der Waals surface area (Å²) in [7, 11) is 1.41. The van der Waals surface area contributed by atoms with Gasteiger partial charge in [0.1, 0.15) is 17.9 Å². The van der Waals surface area contributed by atoms with E-state index in [1.165, 1.54) is 7.11 Å². The predicted octanol–water partition coefficient (Wildman–Crippen LogP) is 4.13. The van der Waals surface area contributed by atoms with Crippen LogP contribution in [0.1, 0.15) is 19.4 Å². The molecule has 0 aliphatic heterocycles. The van der Waals surface area contributed by atoms with Gasteiger partial charge in [0.2, 0.25) is 0 Å². The van der Waals surface area contributed by atoms with Gasteiger partial charge in [-0.3, -0.25) is 0 Å². The maximum atomic E-state index is 12.0. The molecule has 0 fully saturated rings. The molecule has 24 heavy (non-hydrogen) atoms. The topological polar surface area (TPSA) is 40.5 Å². The van der Waals surface area contributed by atoms with Gasteiger partial charge < -0.3 is 14.0 Å². The first kappa shape index (κ1) is 16.1. The molecule has 0 bridgehead atoms. The summed E-state index contributed by atoms with van der Waals surface area (Å²) < 4.78 is 12.7. The summed E-state index contributed by atoms with van der Waals surface area (Å²) in [6.07, 6.45) is 1.91. The van der Waals surface area contributed by atoms with Gasteiger partial charge in [0.25, 0.3) is 0 Å². The highest BCUT2D eigenvalue weighted by Crippen LogP contribution is 2.28. The lowest BCUT2D eigenvalue weighted by Crippen LogP contribution is -2.36. The Balaban J connectivity index is 1.84. The molecule has 0 unspecified atom stereocenters. The van der Waals surface area contributed by atoms with Gasteiger partial charge in [-0.15, -0.1) is 0 Å². The quantitative estimate of drug-likeness (QED) is 0.663. The minimum absolute atomic E-state index is 0.274. The maximum Gasteiger partial charge on any atom is 0.331 e. The number of hydrogen-bond donors (Lipinski definition) is 0. The molecule has 4 nitrogen and oxygen atoms in total. The van der Waals surface area contributed by atoms with E-state index in [9.17, 15) is 4.79 Å². The molecule has 0 aliphatic rings. The van der Waals surface area contributed by atoms with E-state index in [0.29, 0.717) is 6.61 Å². The number of hydrogen-bond acceptors (Lipinski definition) is 3. The van der Waals surface area contributed by atoms with Crippen molar-refractivity contribution in [2.75, 3.05) is 7.11 Å². The van der Waals surface area contributed by atoms with Gasteiger partial charge in [0.15, 0.2) is 0 Å². The minimum atomic E-state index is -0.761. The van der Waals surface area contributed by atoms with Gasteiger partial charge >= 0.3 is 5.97 Å². The van der Waals surface area contributed by atoms with Crippen molar-refractivity contribution in [3.63, 3.8) is 0 Å². The third kappa shape index (κ3) is 3.00. The highest BCUT2D eigenvalue weighted by molar-refractivity contribution is 5.86. The molecule has 0 saturated heterocycles. The van der Waals surface area contributed by atoms with Crippen molar-refractivity contribution in [3.05, 3.63) is 66.4 Å². The van der Waals surface area contributed by atoms with Crippen molar-refractivity contribution in [1.29, 1.82) is 0 Å². The average Bonchev–Trinajstić information content (AvgIpc) is 3.04. The van der Waals surface area contributed by atoms with Crippen LogP contribution in [-0.4, -0.2) is 17.6 Å². The van der Waals surface area contributed by atoms with E-state index in [4.69, 9.17) is 9.47 Å². The number of fused-ring (bicyclic) bond motifs is 1. The number of benzene rings is 2. The second kappa shape index (κ2) is 6.40. The lowest BCUT2D eigenvalue weighted by Gasteiger charge is -2.25. The van der Waals surface area contributed by atoms with E-state index in [2.05, 4.69) is 0 Å². The van der Waals surface area contributed by atoms with E-state index >= 15 is 0 Å². The van der Waals surface area contributed by atoms with E-state index in [0.717, 1.165) is 22.2 Å². The number of ether oxygens (including phenoxy) is 2. The van der Waals surface area contributed by atoms with Crippen LogP contribution >= 0.6 is 0 Å². The molecule has 3 aromatic rings. The van der Waals surface area contributed by atoms with E-state index in [1.807, 2.05) is 79.2 Å². The van der Waals surface area contributed by atoms with Crippen LogP contribution in [0.15, 0.2) is 60.8 Å². The number of esters is 1. The molecular weight excluding hydrogens is 302 g/mol. The van der Waals surface area contributed by atoms with Crippen LogP contribution in [0.2, 0.25) is 0 Å². The minimum Gasteiger partial charge on any atom is -0.489 e. The van der Waals surface area contributed by atoms with Crippen molar-refractivity contribution < 1.29 is 14.3 Å². The summed E-state index contributed by atoms with van der Waals surface area (Å²) in [6, 6.07) is 17.9. The normalized spacial score (nSPS) is 11.5. The Morgan fingerprint density at radius 2 is 1.83 bits per heavy atom. The summed E-state index contributed by atoms with van der Waals surface area (Å²) >= 11 is 0. The van der Waals surface area contributed by atoms with E-state index < -0.39 is 5.54 Å². The Bertz CT molecular complexity index is 850. The number of carbonyl (C=O) groups excluding carboxylic acids is 1. The number of nitrogens with zero attached hydrogens (tertiary/aromatic N) is 1. The molecule has 4 heteroatoms. The van der Waals surface area contributed by atoms with Crippen LogP contribution in [-0.2, 0) is 21.7 Å². The second-order valence-corrected chi connectivity index (χ2v) is 6.23. The maximum absolute atomic E-state index is 12.0. The molecule has 1 aromatic heterocycles. The van der Waals surface area contributed by atoms with Gasteiger partial charge in [-0.2, -0.15) is 0 Å². The van der Waals surface area contributed by atoms with Crippen LogP contribution in [0.4, 0.5) is 0 Å². The Morgan fingerprint density at radius 3 is 2.54 bits per heavy atom. The smallest absolute Gasteiger partial charge is 0.331 e. The van der Waals surface area contributed by atoms with Gasteiger partial charge in [0, 0.05) is 17.1 Å². The Morgan fingerprint density at radius 1 is 1.08 bits per heavy atom. The van der Waals surface area contributed by atoms with Crippen molar-refractivity contribution >= 4 is 16.9 Å². The lowest BCUT2D eigenvalue weighted by molar-refractivity contribution is -0.149. The molecule has 124 valence electrons. The summed E-state index contributed by atoms with van der Waals surface area (Å²) in [5, 5.41) is 1.03. The monoisotopic (exact) mass is 323 g/mol. The molecule has 2 aromatic carbocycles. The average molecular weight is 323 g/mol. The first-order chi connectivity index (χ1) is 11.5. The molecule has 0 aliphatic carbocycles. The molecular formula is C20H21NO3. The van der Waals surface area contributed by atoms with Crippen molar-refractivity contribution in [2.45, 2.75) is 26.0 Å². The molecule has 0 spiro atoms. The molecule has 0 atom stereocenters. The number of aromatic nitrogens is 1. The van der Waals surface area contributed by atoms with E-state index in [1.54, 1.807) is 0 Å². The summed E-state index contributed by atoms with van der Waals surface area (Å²) in [4.78, 5) is 12.0. The fourth-order valence-corrected chi connectivity index (χ4v) is 2.79. The highest BCUT2D eigenvalue weighted by Gasteiger charge is 2.31. The SMILES string of the molecule is COC(=O)C(C)(C)n1ccc2cc(OCc3ccccc3)ccc21. The Hall–Kier alpha value is -2.75. The fourth-order valence-electron chi connectivity index (χ4n) is 2.79. The molecule has 1 heterocycles. The molecule has 0 amide bonds. The van der Waals surface area contributed by atoms with Crippen LogP contribution in [0.3, 0.4) is 0 Å². The first-order valence-electron chi connectivity index (χ1n) is 7.89. The summed E-state index contributed by atoms with van der Waals surface area (Å²) in [6.45, 7) is 4.22. The van der Waals surface area contributed by atoms with Crippen LogP contribution in [0.25, 0.3) is 10.9 Å². The van der Waals surface area contributed by atoms with Crippen LogP contribution in [0.5, 0.6) is 5.75 Å². The molecule has 3 rings (SSSR count). The van der Waals surface area contributed by atoms with Gasteiger partial charge in [0.05, 0.1) is 7.11 Å². The number of methoxy groups -OCH3 is 1. The third-order valence-corrected chi connectivity index (χ3v) is 4.20. The zero-order chi connectivity index (χ0) is 17.2. The fraction of sp³-hybridized carbons (Fsp3) is 0.250. The standard InChI is InChI=1S/C20H21NO3/c1-20(2,19(22)23-3)21-12-11-16-13-17(9-10-18(16)21)24-14-15-7-5-4-6-8-15/h4-13H,14H2,1-3H3. The zero-order valence-corrected chi connectivity index (χ0v) is 14.2. The number of rotatable bonds is 5. The number of carbonyl (C=O) groups is 1. The van der Waals surface area contributed by atoms with Gasteiger partial charge in [-0.25, -0.2) is 4.79 Å². The summed E-state index contributed by atoms with van der Waals surface area (Å²) in [5.74, 6) is 0.532. The van der Waals surface area contributed by atoms with E-state index in [-0.39, 0.29) is 5.97 Å². The predicted molar refractivity (Wildman–Crippen MR) is 94.1 cm³/mol. The van der Waals surface area contributed by atoms with Crippen molar-refractivity contribution in [3.8, 4) is 5.75 Å². The Labute approximate surface area is 141 Å². The molecule has 0 N–H and O–H groups in total. The second-order valence-electron chi connectivity index (χ2n) is 6.23. The highest BCUT2D eigenvalue weighted by atomic mass is 16.5. The zero-order valence-electron chi connectivity index (χ0n) is 14.2. The van der Waals surface area contributed by atoms with Crippen LogP contribution in [0, 0.1) is 0 Å². The van der Waals surface area contributed by atoms with Gasteiger partial charge in [-0.05, 0) is 43.7 Å². The largest absolute Gasteiger partial charge is 0.489 e. The lowest BCUT2D eigenvalue weighted by atomic mass is 10.1. The third-order valence-electron chi connectivity index (χ3n) is 4.20.